The normalized spacial score (nSPS) is 10.9. The number of aromatic nitrogens is 4. The van der Waals surface area contributed by atoms with Gasteiger partial charge in [0.2, 0.25) is 11.1 Å². The number of nitrogens with one attached hydrogen (secondary N) is 1. The van der Waals surface area contributed by atoms with Crippen molar-refractivity contribution >= 4 is 23.4 Å². The summed E-state index contributed by atoms with van der Waals surface area (Å²) in [7, 11) is 0. The highest BCUT2D eigenvalue weighted by Gasteiger charge is 2.10. The van der Waals surface area contributed by atoms with E-state index in [1.54, 1.807) is 4.52 Å². The number of aryl methyl sites for hydroxylation is 2. The molecule has 0 bridgehead atoms. The minimum absolute atomic E-state index is 0.0430. The Kier molecular flexibility index (Phi) is 4.57. The summed E-state index contributed by atoms with van der Waals surface area (Å²) in [5.74, 6) is 0.801. The van der Waals surface area contributed by atoms with Crippen LogP contribution >= 0.6 is 11.8 Å². The zero-order chi connectivity index (χ0) is 16.2. The summed E-state index contributed by atoms with van der Waals surface area (Å²) < 4.78 is 1.69. The molecule has 23 heavy (non-hydrogen) atoms. The van der Waals surface area contributed by atoms with E-state index in [2.05, 4.69) is 20.4 Å². The van der Waals surface area contributed by atoms with E-state index >= 15 is 0 Å². The molecule has 0 saturated carbocycles. The van der Waals surface area contributed by atoms with E-state index in [0.717, 1.165) is 17.0 Å². The number of carbonyl (C=O) groups is 1. The van der Waals surface area contributed by atoms with Gasteiger partial charge in [-0.25, -0.2) is 9.50 Å². The lowest BCUT2D eigenvalue weighted by atomic mass is 10.2. The largest absolute Gasteiger partial charge is 0.351 e. The Morgan fingerprint density at radius 3 is 2.78 bits per heavy atom. The van der Waals surface area contributed by atoms with Crippen LogP contribution in [-0.4, -0.2) is 31.2 Å². The number of benzene rings is 1. The van der Waals surface area contributed by atoms with E-state index in [1.807, 2.05) is 50.2 Å². The predicted octanol–water partition coefficient (Wildman–Crippen LogP) is 2.15. The van der Waals surface area contributed by atoms with Crippen LogP contribution in [0.4, 0.5) is 0 Å². The number of amides is 1. The number of fused-ring (bicyclic) bond motifs is 1. The summed E-state index contributed by atoms with van der Waals surface area (Å²) >= 11 is 1.31. The van der Waals surface area contributed by atoms with Crippen LogP contribution in [0, 0.1) is 13.8 Å². The molecule has 0 radical (unpaired) electrons. The molecule has 2 aromatic heterocycles. The van der Waals surface area contributed by atoms with Gasteiger partial charge in [0.25, 0.3) is 5.78 Å². The van der Waals surface area contributed by atoms with Gasteiger partial charge in [0.05, 0.1) is 5.75 Å². The van der Waals surface area contributed by atoms with Gasteiger partial charge < -0.3 is 5.32 Å². The maximum absolute atomic E-state index is 11.9. The van der Waals surface area contributed by atoms with Crippen molar-refractivity contribution in [1.82, 2.24) is 24.9 Å². The van der Waals surface area contributed by atoms with Gasteiger partial charge in [0, 0.05) is 17.9 Å². The third-order valence-corrected chi connectivity index (χ3v) is 4.10. The Labute approximate surface area is 138 Å². The van der Waals surface area contributed by atoms with Crippen LogP contribution in [0.1, 0.15) is 17.0 Å². The first-order valence-electron chi connectivity index (χ1n) is 7.26. The van der Waals surface area contributed by atoms with Gasteiger partial charge in [0.15, 0.2) is 0 Å². The molecule has 1 N–H and O–H groups in total. The van der Waals surface area contributed by atoms with Crippen molar-refractivity contribution in [3.63, 3.8) is 0 Å². The van der Waals surface area contributed by atoms with E-state index < -0.39 is 0 Å². The van der Waals surface area contributed by atoms with Crippen LogP contribution in [-0.2, 0) is 11.3 Å². The Bertz CT molecular complexity index is 831. The molecule has 0 aliphatic carbocycles. The van der Waals surface area contributed by atoms with Crippen LogP contribution < -0.4 is 5.32 Å². The lowest BCUT2D eigenvalue weighted by Gasteiger charge is -2.03. The van der Waals surface area contributed by atoms with E-state index in [-0.39, 0.29) is 11.7 Å². The first-order valence-corrected chi connectivity index (χ1v) is 8.25. The van der Waals surface area contributed by atoms with Gasteiger partial charge in [-0.1, -0.05) is 42.1 Å². The van der Waals surface area contributed by atoms with E-state index in [0.29, 0.717) is 17.5 Å². The molecule has 0 atom stereocenters. The summed E-state index contributed by atoms with van der Waals surface area (Å²) in [6, 6.07) is 11.8. The van der Waals surface area contributed by atoms with Crippen molar-refractivity contribution in [1.29, 1.82) is 0 Å². The first-order chi connectivity index (χ1) is 11.1. The number of hydrogen-bond donors (Lipinski definition) is 1. The average molecular weight is 327 g/mol. The standard InChI is InChI=1S/C16H17N5OS/c1-11-8-12(2)21-15(18-11)19-16(20-21)23-10-14(22)17-9-13-6-4-3-5-7-13/h3-8H,9-10H2,1-2H3,(H,17,22). The van der Waals surface area contributed by atoms with Crippen LogP contribution in [0.25, 0.3) is 5.78 Å². The monoisotopic (exact) mass is 327 g/mol. The lowest BCUT2D eigenvalue weighted by Crippen LogP contribution is -2.24. The van der Waals surface area contributed by atoms with Crippen LogP contribution in [0.5, 0.6) is 0 Å². The third kappa shape index (κ3) is 3.87. The summed E-state index contributed by atoms with van der Waals surface area (Å²) in [6.07, 6.45) is 0. The summed E-state index contributed by atoms with van der Waals surface area (Å²) in [6.45, 7) is 4.40. The van der Waals surface area contributed by atoms with Gasteiger partial charge >= 0.3 is 0 Å². The van der Waals surface area contributed by atoms with Crippen LogP contribution in [0.15, 0.2) is 41.6 Å². The van der Waals surface area contributed by atoms with Gasteiger partial charge in [-0.2, -0.15) is 4.98 Å². The Hall–Kier alpha value is -2.41. The van der Waals surface area contributed by atoms with Crippen molar-refractivity contribution in [2.45, 2.75) is 25.5 Å². The molecule has 7 heteroatoms. The molecule has 118 valence electrons. The molecular formula is C16H17N5OS. The van der Waals surface area contributed by atoms with Crippen LogP contribution in [0.3, 0.4) is 0 Å². The zero-order valence-corrected chi connectivity index (χ0v) is 13.8. The van der Waals surface area contributed by atoms with Gasteiger partial charge in [-0.05, 0) is 25.5 Å². The topological polar surface area (TPSA) is 72.2 Å². The molecule has 2 heterocycles. The van der Waals surface area contributed by atoms with Crippen molar-refractivity contribution in [2.75, 3.05) is 5.75 Å². The summed E-state index contributed by atoms with van der Waals surface area (Å²) in [5.41, 5.74) is 2.95. The quantitative estimate of drug-likeness (QED) is 0.727. The summed E-state index contributed by atoms with van der Waals surface area (Å²) in [4.78, 5) is 20.6. The van der Waals surface area contributed by atoms with E-state index in [1.165, 1.54) is 11.8 Å². The predicted molar refractivity (Wildman–Crippen MR) is 89.3 cm³/mol. The highest BCUT2D eigenvalue weighted by Crippen LogP contribution is 2.15. The molecule has 0 aliphatic rings. The maximum Gasteiger partial charge on any atom is 0.253 e. The van der Waals surface area contributed by atoms with Crippen LogP contribution in [0.2, 0.25) is 0 Å². The molecule has 3 aromatic rings. The molecule has 1 amide bonds. The Morgan fingerprint density at radius 2 is 2.00 bits per heavy atom. The molecule has 1 aromatic carbocycles. The van der Waals surface area contributed by atoms with Gasteiger partial charge in [0.1, 0.15) is 0 Å². The number of nitrogens with zero attached hydrogens (tertiary/aromatic N) is 4. The minimum atomic E-state index is -0.0430. The highest BCUT2D eigenvalue weighted by atomic mass is 32.2. The summed E-state index contributed by atoms with van der Waals surface area (Å²) in [5, 5.41) is 7.81. The molecule has 3 rings (SSSR count). The molecule has 0 aliphatic heterocycles. The number of thioether (sulfide) groups is 1. The Balaban J connectivity index is 1.57. The number of hydrogen-bond acceptors (Lipinski definition) is 5. The second-order valence-electron chi connectivity index (χ2n) is 5.20. The maximum atomic E-state index is 11.9. The van der Waals surface area contributed by atoms with Crippen molar-refractivity contribution < 1.29 is 4.79 Å². The number of rotatable bonds is 5. The third-order valence-electron chi connectivity index (χ3n) is 3.26. The molecular weight excluding hydrogens is 310 g/mol. The zero-order valence-electron chi connectivity index (χ0n) is 13.0. The molecule has 0 spiro atoms. The smallest absolute Gasteiger partial charge is 0.253 e. The fourth-order valence-corrected chi connectivity index (χ4v) is 2.83. The molecule has 0 fully saturated rings. The van der Waals surface area contributed by atoms with E-state index in [9.17, 15) is 4.79 Å². The highest BCUT2D eigenvalue weighted by molar-refractivity contribution is 7.99. The van der Waals surface area contributed by atoms with Gasteiger partial charge in [-0.15, -0.1) is 5.10 Å². The lowest BCUT2D eigenvalue weighted by molar-refractivity contribution is -0.118. The van der Waals surface area contributed by atoms with Crippen molar-refractivity contribution in [2.24, 2.45) is 0 Å². The first kappa shape index (κ1) is 15.5. The Morgan fingerprint density at radius 1 is 1.22 bits per heavy atom. The van der Waals surface area contributed by atoms with E-state index in [4.69, 9.17) is 0 Å². The molecule has 6 nitrogen and oxygen atoms in total. The molecule has 0 saturated heterocycles. The van der Waals surface area contributed by atoms with Crippen molar-refractivity contribution in [3.8, 4) is 0 Å². The number of carbonyl (C=O) groups excluding carboxylic acids is 1. The SMILES string of the molecule is Cc1cc(C)n2nc(SCC(=O)NCc3ccccc3)nc2n1. The average Bonchev–Trinajstić information content (AvgIpc) is 2.95. The fraction of sp³-hybridized carbons (Fsp3) is 0.250. The molecule has 0 unspecified atom stereocenters. The second-order valence-corrected chi connectivity index (χ2v) is 6.14. The fourth-order valence-electron chi connectivity index (χ4n) is 2.19. The van der Waals surface area contributed by atoms with Crippen molar-refractivity contribution in [3.05, 3.63) is 53.3 Å². The second kappa shape index (κ2) is 6.78. The van der Waals surface area contributed by atoms with Gasteiger partial charge in [-0.3, -0.25) is 4.79 Å². The minimum Gasteiger partial charge on any atom is -0.351 e.